The van der Waals surface area contributed by atoms with Crippen LogP contribution >= 0.6 is 11.8 Å². The molecule has 0 radical (unpaired) electrons. The van der Waals surface area contributed by atoms with Crippen LogP contribution in [0.5, 0.6) is 0 Å². The van der Waals surface area contributed by atoms with Crippen molar-refractivity contribution in [3.05, 3.63) is 48.7 Å². The van der Waals surface area contributed by atoms with Crippen molar-refractivity contribution in [1.82, 2.24) is 9.78 Å². The molecule has 0 unspecified atom stereocenters. The lowest BCUT2D eigenvalue weighted by molar-refractivity contribution is -0.142. The molecule has 31 heavy (non-hydrogen) atoms. The number of hydrogen-bond donors (Lipinski definition) is 1. The molecule has 7 heteroatoms. The molecule has 0 atom stereocenters. The first-order valence-electron chi connectivity index (χ1n) is 10.7. The maximum atomic E-state index is 10.6. The molecule has 0 bridgehead atoms. The van der Waals surface area contributed by atoms with E-state index in [0.717, 1.165) is 59.8 Å². The molecule has 1 fully saturated rings. The average Bonchev–Trinajstić information content (AvgIpc) is 3.43. The maximum Gasteiger partial charge on any atom is 0.329 e. The molecule has 3 aromatic rings. The van der Waals surface area contributed by atoms with E-state index in [1.165, 1.54) is 0 Å². The number of aromatic nitrogens is 2. The Labute approximate surface area is 186 Å². The Morgan fingerprint density at radius 3 is 2.55 bits per heavy atom. The Morgan fingerprint density at radius 1 is 1.16 bits per heavy atom. The van der Waals surface area contributed by atoms with Crippen LogP contribution in [0.1, 0.15) is 25.7 Å². The Bertz CT molecular complexity index is 977. The normalized spacial score (nSPS) is 18.9. The quantitative estimate of drug-likeness (QED) is 0.447. The summed E-state index contributed by atoms with van der Waals surface area (Å²) in [6.45, 7) is 1.21. The third-order valence-electron chi connectivity index (χ3n) is 5.89. The largest absolute Gasteiger partial charge is 0.480 e. The van der Waals surface area contributed by atoms with Crippen molar-refractivity contribution in [1.29, 1.82) is 0 Å². The average molecular weight is 441 g/mol. The molecule has 2 aromatic heterocycles. The molecule has 6 nitrogen and oxygen atoms in total. The van der Waals surface area contributed by atoms with Crippen LogP contribution in [0.15, 0.2) is 58.2 Å². The van der Waals surface area contributed by atoms with E-state index in [0.29, 0.717) is 18.4 Å². The number of aliphatic carboxylic acids is 1. The van der Waals surface area contributed by atoms with Crippen molar-refractivity contribution < 1.29 is 19.1 Å². The SMILES string of the molecule is CSc1c(-c2ccco2)c(-c2ccccc2)nn1C[C@H]1CC[C@@H](COCC(=O)O)CC1. The van der Waals surface area contributed by atoms with Gasteiger partial charge in [0.05, 0.1) is 18.4 Å². The molecule has 0 amide bonds. The summed E-state index contributed by atoms with van der Waals surface area (Å²) in [6.07, 6.45) is 8.13. The maximum absolute atomic E-state index is 10.6. The van der Waals surface area contributed by atoms with E-state index in [1.54, 1.807) is 18.0 Å². The fourth-order valence-electron chi connectivity index (χ4n) is 4.36. The topological polar surface area (TPSA) is 77.5 Å². The van der Waals surface area contributed by atoms with Crippen LogP contribution in [0.4, 0.5) is 0 Å². The van der Waals surface area contributed by atoms with Crippen molar-refractivity contribution in [2.45, 2.75) is 37.3 Å². The number of furan rings is 1. The first-order valence-corrected chi connectivity index (χ1v) is 11.9. The zero-order chi connectivity index (χ0) is 21.6. The molecule has 1 saturated carbocycles. The number of thioether (sulfide) groups is 1. The smallest absolute Gasteiger partial charge is 0.329 e. The van der Waals surface area contributed by atoms with Crippen molar-refractivity contribution in [2.75, 3.05) is 19.5 Å². The van der Waals surface area contributed by atoms with Gasteiger partial charge < -0.3 is 14.3 Å². The molecule has 1 N–H and O–H groups in total. The molecule has 164 valence electrons. The Morgan fingerprint density at radius 2 is 1.90 bits per heavy atom. The molecular weight excluding hydrogens is 412 g/mol. The second-order valence-corrected chi connectivity index (χ2v) is 8.85. The molecule has 0 spiro atoms. The minimum Gasteiger partial charge on any atom is -0.480 e. The second-order valence-electron chi connectivity index (χ2n) is 8.05. The van der Waals surface area contributed by atoms with Gasteiger partial charge in [-0.3, -0.25) is 4.68 Å². The lowest BCUT2D eigenvalue weighted by atomic mass is 9.82. The number of benzene rings is 1. The molecule has 2 heterocycles. The summed E-state index contributed by atoms with van der Waals surface area (Å²) in [7, 11) is 0. The van der Waals surface area contributed by atoms with Crippen LogP contribution in [-0.4, -0.2) is 40.3 Å². The highest BCUT2D eigenvalue weighted by Gasteiger charge is 2.26. The Kier molecular flexibility index (Phi) is 7.14. The van der Waals surface area contributed by atoms with Crippen molar-refractivity contribution in [3.8, 4) is 22.6 Å². The van der Waals surface area contributed by atoms with Crippen molar-refractivity contribution in [3.63, 3.8) is 0 Å². The zero-order valence-corrected chi connectivity index (χ0v) is 18.5. The van der Waals surface area contributed by atoms with E-state index in [4.69, 9.17) is 19.4 Å². The summed E-state index contributed by atoms with van der Waals surface area (Å²) >= 11 is 1.70. The van der Waals surface area contributed by atoms with E-state index in [1.807, 2.05) is 30.3 Å². The summed E-state index contributed by atoms with van der Waals surface area (Å²) in [5, 5.41) is 14.9. The monoisotopic (exact) mass is 440 g/mol. The van der Waals surface area contributed by atoms with Crippen LogP contribution in [-0.2, 0) is 16.1 Å². The van der Waals surface area contributed by atoms with Crippen molar-refractivity contribution >= 4 is 17.7 Å². The van der Waals surface area contributed by atoms with Gasteiger partial charge in [0.15, 0.2) is 0 Å². The van der Waals surface area contributed by atoms with Gasteiger partial charge >= 0.3 is 5.97 Å². The van der Waals surface area contributed by atoms with Crippen LogP contribution < -0.4 is 0 Å². The molecule has 0 aliphatic heterocycles. The number of carboxylic acid groups (broad SMARTS) is 1. The Hall–Kier alpha value is -2.51. The van der Waals surface area contributed by atoms with Gasteiger partial charge in [0, 0.05) is 12.1 Å². The highest BCUT2D eigenvalue weighted by molar-refractivity contribution is 7.98. The number of carbonyl (C=O) groups is 1. The van der Waals surface area contributed by atoms with Gasteiger partial charge in [-0.15, -0.1) is 11.8 Å². The number of hydrogen-bond acceptors (Lipinski definition) is 5. The van der Waals surface area contributed by atoms with Crippen LogP contribution in [0, 0.1) is 11.8 Å². The predicted molar refractivity (Wildman–Crippen MR) is 121 cm³/mol. The number of rotatable bonds is 9. The lowest BCUT2D eigenvalue weighted by Crippen LogP contribution is -2.23. The molecule has 0 saturated heterocycles. The van der Waals surface area contributed by atoms with Gasteiger partial charge in [0.2, 0.25) is 0 Å². The van der Waals surface area contributed by atoms with Gasteiger partial charge in [-0.25, -0.2) is 4.79 Å². The molecule has 1 aliphatic rings. The highest BCUT2D eigenvalue weighted by Crippen LogP contribution is 2.40. The van der Waals surface area contributed by atoms with Gasteiger partial charge in [0.25, 0.3) is 0 Å². The first kappa shape index (κ1) is 21.7. The minimum absolute atomic E-state index is 0.206. The van der Waals surface area contributed by atoms with E-state index < -0.39 is 5.97 Å². The van der Waals surface area contributed by atoms with E-state index in [2.05, 4.69) is 23.1 Å². The number of carboxylic acids is 1. The third kappa shape index (κ3) is 5.22. The fourth-order valence-corrected chi connectivity index (χ4v) is 5.08. The number of nitrogens with zero attached hydrogens (tertiary/aromatic N) is 2. The molecule has 1 aliphatic carbocycles. The van der Waals surface area contributed by atoms with Gasteiger partial charge in [-0.2, -0.15) is 5.10 Å². The summed E-state index contributed by atoms with van der Waals surface area (Å²) in [5.74, 6) is 0.939. The molecule has 1 aromatic carbocycles. The van der Waals surface area contributed by atoms with E-state index >= 15 is 0 Å². The third-order valence-corrected chi connectivity index (χ3v) is 6.69. The van der Waals surface area contributed by atoms with Crippen molar-refractivity contribution in [2.24, 2.45) is 11.8 Å². The second kappa shape index (κ2) is 10.2. The summed E-state index contributed by atoms with van der Waals surface area (Å²) < 4.78 is 13.2. The fraction of sp³-hybridized carbons (Fsp3) is 0.417. The highest BCUT2D eigenvalue weighted by atomic mass is 32.2. The summed E-state index contributed by atoms with van der Waals surface area (Å²) in [6, 6.07) is 14.2. The zero-order valence-electron chi connectivity index (χ0n) is 17.7. The standard InChI is InChI=1S/C24H28N2O4S/c1-31-24-22(20-8-5-13-30-20)23(19-6-3-2-4-7-19)25-26(24)14-17-9-11-18(12-10-17)15-29-16-21(27)28/h2-8,13,17-18H,9-12,14-16H2,1H3,(H,27,28)/t17-,18+. The van der Waals surface area contributed by atoms with Gasteiger partial charge in [-0.05, 0) is 55.9 Å². The first-order chi connectivity index (χ1) is 15.2. The molecule has 4 rings (SSSR count). The van der Waals surface area contributed by atoms with Crippen LogP contribution in [0.3, 0.4) is 0 Å². The minimum atomic E-state index is -0.904. The Balaban J connectivity index is 1.51. The number of ether oxygens (including phenoxy) is 1. The van der Waals surface area contributed by atoms with Crippen LogP contribution in [0.25, 0.3) is 22.6 Å². The van der Waals surface area contributed by atoms with E-state index in [-0.39, 0.29) is 6.61 Å². The van der Waals surface area contributed by atoms with E-state index in [9.17, 15) is 4.79 Å². The predicted octanol–water partition coefficient (Wildman–Crippen LogP) is 5.44. The van der Waals surface area contributed by atoms with Gasteiger partial charge in [0.1, 0.15) is 23.1 Å². The lowest BCUT2D eigenvalue weighted by Gasteiger charge is -2.28. The molecular formula is C24H28N2O4S. The summed E-state index contributed by atoms with van der Waals surface area (Å²) in [5.41, 5.74) is 3.09. The van der Waals surface area contributed by atoms with Gasteiger partial charge in [-0.1, -0.05) is 30.3 Å². The van der Waals surface area contributed by atoms with Crippen LogP contribution in [0.2, 0.25) is 0 Å². The summed E-state index contributed by atoms with van der Waals surface area (Å²) in [4.78, 5) is 10.6.